The van der Waals surface area contributed by atoms with E-state index >= 15 is 0 Å². The summed E-state index contributed by atoms with van der Waals surface area (Å²) >= 11 is 0. The van der Waals surface area contributed by atoms with Crippen LogP contribution in [0.1, 0.15) is 25.3 Å². The van der Waals surface area contributed by atoms with Gasteiger partial charge in [0.05, 0.1) is 6.54 Å². The van der Waals surface area contributed by atoms with Gasteiger partial charge in [-0.25, -0.2) is 9.40 Å². The van der Waals surface area contributed by atoms with Gasteiger partial charge in [0.2, 0.25) is 5.91 Å². The Kier molecular flexibility index (Phi) is 5.62. The van der Waals surface area contributed by atoms with Gasteiger partial charge < -0.3 is 10.0 Å². The van der Waals surface area contributed by atoms with E-state index < -0.39 is 18.4 Å². The summed E-state index contributed by atoms with van der Waals surface area (Å²) in [5.74, 6) is -2.22. The normalized spacial score (nSPS) is 14.3. The highest BCUT2D eigenvalue weighted by Crippen LogP contribution is 2.15. The fourth-order valence-corrected chi connectivity index (χ4v) is 2.31. The summed E-state index contributed by atoms with van der Waals surface area (Å²) in [6.07, 6.45) is 0.296. The van der Waals surface area contributed by atoms with E-state index in [-0.39, 0.29) is 43.4 Å². The second-order valence-electron chi connectivity index (χ2n) is 5.34. The summed E-state index contributed by atoms with van der Waals surface area (Å²) in [6.45, 7) is 1.61. The quantitative estimate of drug-likeness (QED) is 0.847. The number of nitrogens with zero attached hydrogens (tertiary/aromatic N) is 3. The van der Waals surface area contributed by atoms with Gasteiger partial charge in [-0.3, -0.25) is 14.4 Å². The molecule has 1 aromatic rings. The maximum Gasteiger partial charge on any atom is 0.323 e. The van der Waals surface area contributed by atoms with Crippen molar-refractivity contribution < 1.29 is 23.9 Å². The number of hydrogen-bond donors (Lipinski definition) is 1. The molecule has 0 aromatic heterocycles. The van der Waals surface area contributed by atoms with Crippen LogP contribution >= 0.6 is 0 Å². The molecule has 0 fully saturated rings. The van der Waals surface area contributed by atoms with Crippen molar-refractivity contribution >= 4 is 23.5 Å². The molecule has 1 aliphatic heterocycles. The zero-order chi connectivity index (χ0) is 17.7. The summed E-state index contributed by atoms with van der Waals surface area (Å²) in [5.41, 5.74) is 0.833. The number of amides is 2. The first-order valence-electron chi connectivity index (χ1n) is 7.54. The van der Waals surface area contributed by atoms with E-state index in [1.807, 2.05) is 0 Å². The van der Waals surface area contributed by atoms with Crippen LogP contribution in [0.15, 0.2) is 29.4 Å². The lowest BCUT2D eigenvalue weighted by molar-refractivity contribution is -0.142. The van der Waals surface area contributed by atoms with Crippen LogP contribution in [0.3, 0.4) is 0 Å². The van der Waals surface area contributed by atoms with Crippen LogP contribution in [0.2, 0.25) is 0 Å². The summed E-state index contributed by atoms with van der Waals surface area (Å²) in [7, 11) is 0. The van der Waals surface area contributed by atoms with Gasteiger partial charge in [0.15, 0.2) is 0 Å². The Balaban J connectivity index is 2.15. The van der Waals surface area contributed by atoms with E-state index in [0.717, 1.165) is 4.90 Å². The first-order chi connectivity index (χ1) is 11.4. The molecule has 0 saturated carbocycles. The largest absolute Gasteiger partial charge is 0.480 e. The zero-order valence-corrected chi connectivity index (χ0v) is 13.2. The molecule has 1 aliphatic rings. The fraction of sp³-hybridized carbons (Fsp3) is 0.375. The minimum absolute atomic E-state index is 0.121. The summed E-state index contributed by atoms with van der Waals surface area (Å²) < 4.78 is 12.9. The van der Waals surface area contributed by atoms with E-state index in [1.165, 1.54) is 29.3 Å². The average molecular weight is 335 g/mol. The van der Waals surface area contributed by atoms with Gasteiger partial charge in [-0.15, -0.1) is 0 Å². The number of benzene rings is 1. The number of aliphatic carboxylic acids is 1. The highest BCUT2D eigenvalue weighted by molar-refractivity contribution is 6.39. The molecule has 1 N–H and O–H groups in total. The van der Waals surface area contributed by atoms with Crippen LogP contribution < -0.4 is 0 Å². The van der Waals surface area contributed by atoms with Crippen molar-refractivity contribution in [2.24, 2.45) is 5.10 Å². The highest BCUT2D eigenvalue weighted by atomic mass is 19.1. The van der Waals surface area contributed by atoms with Crippen molar-refractivity contribution in [2.75, 3.05) is 13.1 Å². The smallest absolute Gasteiger partial charge is 0.323 e. The van der Waals surface area contributed by atoms with E-state index in [4.69, 9.17) is 5.11 Å². The van der Waals surface area contributed by atoms with E-state index in [1.54, 1.807) is 6.92 Å². The third kappa shape index (κ3) is 4.37. The number of carbonyl (C=O) groups is 3. The minimum atomic E-state index is -1.11. The molecule has 0 unspecified atom stereocenters. The topological polar surface area (TPSA) is 90.3 Å². The molecule has 2 rings (SSSR count). The molecule has 0 atom stereocenters. The first kappa shape index (κ1) is 17.6. The number of halogens is 1. The van der Waals surface area contributed by atoms with Crippen LogP contribution in [0.4, 0.5) is 4.39 Å². The average Bonchev–Trinajstić information content (AvgIpc) is 2.56. The van der Waals surface area contributed by atoms with Gasteiger partial charge in [-0.1, -0.05) is 12.1 Å². The van der Waals surface area contributed by atoms with Gasteiger partial charge in [-0.2, -0.15) is 5.10 Å². The number of hydrazone groups is 1. The second-order valence-corrected chi connectivity index (χ2v) is 5.34. The molecule has 1 heterocycles. The summed E-state index contributed by atoms with van der Waals surface area (Å²) in [5, 5.41) is 14.1. The van der Waals surface area contributed by atoms with Gasteiger partial charge in [0, 0.05) is 19.4 Å². The number of likely N-dealkylation sites (N-methyl/N-ethyl adjacent to an activating group) is 1. The molecule has 0 spiro atoms. The molecule has 0 saturated heterocycles. The predicted octanol–water partition coefficient (Wildman–Crippen LogP) is 1.24. The number of carboxylic acid groups (broad SMARTS) is 1. The third-order valence-corrected chi connectivity index (χ3v) is 3.59. The zero-order valence-electron chi connectivity index (χ0n) is 13.2. The third-order valence-electron chi connectivity index (χ3n) is 3.59. The Bertz CT molecular complexity index is 672. The van der Waals surface area contributed by atoms with Gasteiger partial charge >= 0.3 is 5.97 Å². The Hall–Kier alpha value is -2.77. The number of carboxylic acids is 1. The van der Waals surface area contributed by atoms with E-state index in [0.29, 0.717) is 5.56 Å². The summed E-state index contributed by atoms with van der Waals surface area (Å²) in [6, 6.07) is 5.64. The monoisotopic (exact) mass is 335 g/mol. The van der Waals surface area contributed by atoms with Crippen molar-refractivity contribution in [3.8, 4) is 0 Å². The van der Waals surface area contributed by atoms with Crippen LogP contribution in [0.5, 0.6) is 0 Å². The van der Waals surface area contributed by atoms with Gasteiger partial charge in [-0.05, 0) is 24.6 Å². The Morgan fingerprint density at radius 1 is 1.29 bits per heavy atom. The molecule has 0 radical (unpaired) electrons. The predicted molar refractivity (Wildman–Crippen MR) is 83.5 cm³/mol. The molecule has 128 valence electrons. The number of hydrogen-bond acceptors (Lipinski definition) is 4. The fourth-order valence-electron chi connectivity index (χ4n) is 2.31. The summed E-state index contributed by atoms with van der Waals surface area (Å²) in [4.78, 5) is 36.3. The standard InChI is InChI=1S/C16H18FN3O4/c1-2-19(10-15(22)23)16(24)13-7-8-14(21)20(18-13)9-11-3-5-12(17)6-4-11/h3-6H,2,7-10H2,1H3,(H,22,23). The molecule has 7 nitrogen and oxygen atoms in total. The Morgan fingerprint density at radius 2 is 1.96 bits per heavy atom. The van der Waals surface area contributed by atoms with E-state index in [2.05, 4.69) is 5.10 Å². The van der Waals surface area contributed by atoms with Crippen LogP contribution in [0.25, 0.3) is 0 Å². The number of carbonyl (C=O) groups excluding carboxylic acids is 2. The Morgan fingerprint density at radius 3 is 2.54 bits per heavy atom. The second kappa shape index (κ2) is 7.67. The maximum absolute atomic E-state index is 12.9. The van der Waals surface area contributed by atoms with Crippen molar-refractivity contribution in [3.63, 3.8) is 0 Å². The van der Waals surface area contributed by atoms with Crippen molar-refractivity contribution in [3.05, 3.63) is 35.6 Å². The molecular weight excluding hydrogens is 317 g/mol. The lowest BCUT2D eigenvalue weighted by atomic mass is 10.1. The Labute approximate surface area is 138 Å². The molecule has 24 heavy (non-hydrogen) atoms. The highest BCUT2D eigenvalue weighted by Gasteiger charge is 2.27. The number of rotatable bonds is 6. The maximum atomic E-state index is 12.9. The van der Waals surface area contributed by atoms with Crippen molar-refractivity contribution in [2.45, 2.75) is 26.3 Å². The SMILES string of the molecule is CCN(CC(=O)O)C(=O)C1=NN(Cc2ccc(F)cc2)C(=O)CC1. The van der Waals surface area contributed by atoms with Crippen LogP contribution in [-0.2, 0) is 20.9 Å². The molecule has 0 aliphatic carbocycles. The van der Waals surface area contributed by atoms with Gasteiger partial charge in [0.1, 0.15) is 18.1 Å². The minimum Gasteiger partial charge on any atom is -0.480 e. The van der Waals surface area contributed by atoms with E-state index in [9.17, 15) is 18.8 Å². The molecule has 8 heteroatoms. The van der Waals surface area contributed by atoms with Crippen LogP contribution in [-0.4, -0.2) is 51.6 Å². The first-order valence-corrected chi connectivity index (χ1v) is 7.54. The molecule has 1 aromatic carbocycles. The van der Waals surface area contributed by atoms with Crippen molar-refractivity contribution in [1.82, 2.24) is 9.91 Å². The van der Waals surface area contributed by atoms with Crippen LogP contribution in [0, 0.1) is 5.82 Å². The molecular formula is C16H18FN3O4. The lowest BCUT2D eigenvalue weighted by Crippen LogP contribution is -2.43. The van der Waals surface area contributed by atoms with Gasteiger partial charge in [0.25, 0.3) is 5.91 Å². The molecule has 0 bridgehead atoms. The molecule has 2 amide bonds. The van der Waals surface area contributed by atoms with Crippen molar-refractivity contribution in [1.29, 1.82) is 0 Å². The lowest BCUT2D eigenvalue weighted by Gasteiger charge is -2.26.